The van der Waals surface area contributed by atoms with Crippen LogP contribution in [0.2, 0.25) is 0 Å². The predicted molar refractivity (Wildman–Crippen MR) is 67.8 cm³/mol. The highest BCUT2D eigenvalue weighted by Gasteiger charge is 2.13. The number of hydrogen-bond donors (Lipinski definition) is 0. The number of carbonyl (C=O) groups excluding carboxylic acids is 1. The summed E-state index contributed by atoms with van der Waals surface area (Å²) >= 11 is 3.37. The van der Waals surface area contributed by atoms with E-state index in [0.717, 1.165) is 10.0 Å². The zero-order chi connectivity index (χ0) is 12.1. The lowest BCUT2D eigenvalue weighted by molar-refractivity contribution is 0.157. The largest absolute Gasteiger partial charge is 0.415 e. The van der Waals surface area contributed by atoms with E-state index in [9.17, 15) is 4.79 Å². The maximum atomic E-state index is 11.7. The average Bonchev–Trinajstić information content (AvgIpc) is 2.24. The van der Waals surface area contributed by atoms with Gasteiger partial charge in [0, 0.05) is 13.1 Å². The number of carbonyl (C=O) groups is 1. The van der Waals surface area contributed by atoms with Gasteiger partial charge in [-0.05, 0) is 54.4 Å². The lowest BCUT2D eigenvalue weighted by Gasteiger charge is -2.18. The van der Waals surface area contributed by atoms with Crippen LogP contribution in [-0.2, 0) is 0 Å². The van der Waals surface area contributed by atoms with E-state index in [1.807, 2.05) is 32.9 Å². The Hall–Kier alpha value is -1.03. The van der Waals surface area contributed by atoms with Crippen LogP contribution in [0.4, 0.5) is 4.79 Å². The molecule has 1 aromatic rings. The second-order valence-corrected chi connectivity index (χ2v) is 4.33. The Morgan fingerprint density at radius 2 is 2.00 bits per heavy atom. The standard InChI is InChI=1S/C12H16BrNO2/c1-4-14(5-2)12(15)16-11-7-6-9(3)8-10(11)13/h6-8H,4-5H2,1-3H3. The van der Waals surface area contributed by atoms with Gasteiger partial charge in [0.25, 0.3) is 0 Å². The maximum Gasteiger partial charge on any atom is 0.415 e. The third kappa shape index (κ3) is 3.23. The van der Waals surface area contributed by atoms with Gasteiger partial charge in [0.2, 0.25) is 0 Å². The molecule has 1 amide bonds. The first-order valence-electron chi connectivity index (χ1n) is 5.31. The molecule has 0 N–H and O–H groups in total. The molecule has 0 aliphatic rings. The first-order valence-corrected chi connectivity index (χ1v) is 6.10. The van der Waals surface area contributed by atoms with Crippen molar-refractivity contribution in [3.63, 3.8) is 0 Å². The summed E-state index contributed by atoms with van der Waals surface area (Å²) in [5.41, 5.74) is 1.12. The summed E-state index contributed by atoms with van der Waals surface area (Å²) in [6.45, 7) is 7.14. The molecule has 0 fully saturated rings. The number of nitrogens with zero attached hydrogens (tertiary/aromatic N) is 1. The van der Waals surface area contributed by atoms with Crippen molar-refractivity contribution in [2.75, 3.05) is 13.1 Å². The van der Waals surface area contributed by atoms with Crippen LogP contribution in [0.25, 0.3) is 0 Å². The second-order valence-electron chi connectivity index (χ2n) is 3.47. The van der Waals surface area contributed by atoms with Gasteiger partial charge < -0.3 is 9.64 Å². The number of hydrogen-bond acceptors (Lipinski definition) is 2. The number of rotatable bonds is 3. The summed E-state index contributed by atoms with van der Waals surface area (Å²) in [7, 11) is 0. The topological polar surface area (TPSA) is 29.5 Å². The molecule has 0 bridgehead atoms. The minimum absolute atomic E-state index is 0.311. The molecule has 3 nitrogen and oxygen atoms in total. The van der Waals surface area contributed by atoms with Crippen molar-refractivity contribution in [3.8, 4) is 5.75 Å². The smallest absolute Gasteiger partial charge is 0.409 e. The molecular formula is C12H16BrNO2. The summed E-state index contributed by atoms with van der Waals surface area (Å²) in [6, 6.07) is 5.63. The van der Waals surface area contributed by atoms with Gasteiger partial charge in [0.15, 0.2) is 0 Å². The van der Waals surface area contributed by atoms with Gasteiger partial charge in [-0.3, -0.25) is 0 Å². The molecular weight excluding hydrogens is 270 g/mol. The van der Waals surface area contributed by atoms with E-state index >= 15 is 0 Å². The lowest BCUT2D eigenvalue weighted by atomic mass is 10.2. The number of ether oxygens (including phenoxy) is 1. The van der Waals surface area contributed by atoms with Crippen molar-refractivity contribution in [1.29, 1.82) is 0 Å². The van der Waals surface area contributed by atoms with Crippen molar-refractivity contribution in [2.24, 2.45) is 0 Å². The SMILES string of the molecule is CCN(CC)C(=O)Oc1ccc(C)cc1Br. The van der Waals surface area contributed by atoms with Gasteiger partial charge >= 0.3 is 6.09 Å². The molecule has 0 saturated heterocycles. The van der Waals surface area contributed by atoms with E-state index < -0.39 is 0 Å². The van der Waals surface area contributed by atoms with Crippen LogP contribution in [0.3, 0.4) is 0 Å². The number of halogens is 1. The van der Waals surface area contributed by atoms with Crippen LogP contribution in [0.15, 0.2) is 22.7 Å². The third-order valence-corrected chi connectivity index (χ3v) is 2.93. The molecule has 0 aromatic heterocycles. The minimum Gasteiger partial charge on any atom is -0.409 e. The van der Waals surface area contributed by atoms with Crippen molar-refractivity contribution in [1.82, 2.24) is 4.90 Å². The first-order chi connectivity index (χ1) is 7.58. The predicted octanol–water partition coefficient (Wildman–Crippen LogP) is 3.60. The average molecular weight is 286 g/mol. The molecule has 1 aromatic carbocycles. The number of amides is 1. The van der Waals surface area contributed by atoms with Crippen LogP contribution < -0.4 is 4.74 Å². The van der Waals surface area contributed by atoms with E-state index in [-0.39, 0.29) is 6.09 Å². The number of aryl methyl sites for hydroxylation is 1. The van der Waals surface area contributed by atoms with E-state index in [0.29, 0.717) is 18.8 Å². The molecule has 16 heavy (non-hydrogen) atoms. The summed E-state index contributed by atoms with van der Waals surface area (Å²) in [5.74, 6) is 0.558. The summed E-state index contributed by atoms with van der Waals surface area (Å²) in [4.78, 5) is 13.3. The van der Waals surface area contributed by atoms with Gasteiger partial charge in [-0.1, -0.05) is 6.07 Å². The monoisotopic (exact) mass is 285 g/mol. The quantitative estimate of drug-likeness (QED) is 0.849. The van der Waals surface area contributed by atoms with Crippen LogP contribution >= 0.6 is 15.9 Å². The van der Waals surface area contributed by atoms with E-state index in [2.05, 4.69) is 15.9 Å². The van der Waals surface area contributed by atoms with Gasteiger partial charge in [0.05, 0.1) is 4.47 Å². The van der Waals surface area contributed by atoms with Gasteiger partial charge in [0.1, 0.15) is 5.75 Å². The highest BCUT2D eigenvalue weighted by Crippen LogP contribution is 2.26. The minimum atomic E-state index is -0.311. The van der Waals surface area contributed by atoms with Crippen LogP contribution in [0.5, 0.6) is 5.75 Å². The zero-order valence-electron chi connectivity index (χ0n) is 9.79. The summed E-state index contributed by atoms with van der Waals surface area (Å²) < 4.78 is 6.08. The zero-order valence-corrected chi connectivity index (χ0v) is 11.4. The van der Waals surface area contributed by atoms with E-state index in [1.54, 1.807) is 11.0 Å². The van der Waals surface area contributed by atoms with Gasteiger partial charge in [-0.15, -0.1) is 0 Å². The molecule has 1 rings (SSSR count). The van der Waals surface area contributed by atoms with Gasteiger partial charge in [-0.25, -0.2) is 4.79 Å². The molecule has 0 aliphatic carbocycles. The van der Waals surface area contributed by atoms with Crippen molar-refractivity contribution in [2.45, 2.75) is 20.8 Å². The third-order valence-electron chi connectivity index (χ3n) is 2.31. The van der Waals surface area contributed by atoms with Crippen LogP contribution in [0, 0.1) is 6.92 Å². The van der Waals surface area contributed by atoms with E-state index in [1.165, 1.54) is 0 Å². The van der Waals surface area contributed by atoms with E-state index in [4.69, 9.17) is 4.74 Å². The van der Waals surface area contributed by atoms with Crippen molar-refractivity contribution < 1.29 is 9.53 Å². The fraction of sp³-hybridized carbons (Fsp3) is 0.417. The lowest BCUT2D eigenvalue weighted by Crippen LogP contribution is -2.33. The van der Waals surface area contributed by atoms with Crippen LogP contribution in [-0.4, -0.2) is 24.1 Å². The molecule has 0 aliphatic heterocycles. The van der Waals surface area contributed by atoms with Crippen LogP contribution in [0.1, 0.15) is 19.4 Å². The van der Waals surface area contributed by atoms with Crippen molar-refractivity contribution in [3.05, 3.63) is 28.2 Å². The Kier molecular flexibility index (Phi) is 4.80. The second kappa shape index (κ2) is 5.89. The fourth-order valence-electron chi connectivity index (χ4n) is 1.33. The molecule has 0 saturated carbocycles. The highest BCUT2D eigenvalue weighted by atomic mass is 79.9. The fourth-order valence-corrected chi connectivity index (χ4v) is 1.90. The highest BCUT2D eigenvalue weighted by molar-refractivity contribution is 9.10. The number of benzene rings is 1. The Bertz CT molecular complexity index is 375. The molecule has 0 unspecified atom stereocenters. The molecule has 0 heterocycles. The normalized spacial score (nSPS) is 10.0. The Labute approximate surface area is 105 Å². The Morgan fingerprint density at radius 1 is 1.38 bits per heavy atom. The molecule has 0 spiro atoms. The molecule has 4 heteroatoms. The molecule has 0 atom stereocenters. The molecule has 0 radical (unpaired) electrons. The summed E-state index contributed by atoms with van der Waals surface area (Å²) in [6.07, 6.45) is -0.311. The summed E-state index contributed by atoms with van der Waals surface area (Å²) in [5, 5.41) is 0. The Morgan fingerprint density at radius 3 is 2.50 bits per heavy atom. The first kappa shape index (κ1) is 13.0. The Balaban J connectivity index is 2.76. The van der Waals surface area contributed by atoms with Crippen molar-refractivity contribution >= 4 is 22.0 Å². The van der Waals surface area contributed by atoms with Gasteiger partial charge in [-0.2, -0.15) is 0 Å². The molecule has 88 valence electrons. The maximum absolute atomic E-state index is 11.7.